The van der Waals surface area contributed by atoms with Crippen molar-refractivity contribution in [2.75, 3.05) is 27.2 Å². The highest BCUT2D eigenvalue weighted by Crippen LogP contribution is 2.11. The van der Waals surface area contributed by atoms with E-state index in [1.165, 1.54) is 116 Å². The minimum Gasteiger partial charge on any atom is -0.633 e. The van der Waals surface area contributed by atoms with Crippen LogP contribution in [0.15, 0.2) is 0 Å². The zero-order valence-corrected chi connectivity index (χ0v) is 21.4. The molecular formula is C26H58N2O2. The summed E-state index contributed by atoms with van der Waals surface area (Å²) in [5, 5.41) is 19.6. The second-order valence-electron chi connectivity index (χ2n) is 9.57. The maximum absolute atomic E-state index is 11.3. The molecule has 4 nitrogen and oxygen atoms in total. The van der Waals surface area contributed by atoms with E-state index in [-0.39, 0.29) is 4.65 Å². The summed E-state index contributed by atoms with van der Waals surface area (Å²) in [6.07, 6.45) is 26.8. The topological polar surface area (TPSA) is 55.3 Å². The number of nitrogens with one attached hydrogen (secondary N) is 1. The van der Waals surface area contributed by atoms with Crippen LogP contribution in [0.1, 0.15) is 142 Å². The molecular weight excluding hydrogens is 372 g/mol. The maximum Gasteiger partial charge on any atom is 0.0779 e. The van der Waals surface area contributed by atoms with Crippen molar-refractivity contribution >= 4 is 0 Å². The molecule has 0 saturated carbocycles. The molecule has 0 aliphatic rings. The zero-order valence-electron chi connectivity index (χ0n) is 21.4. The average Bonchev–Trinajstić information content (AvgIpc) is 2.70. The summed E-state index contributed by atoms with van der Waals surface area (Å²) in [5.41, 5.74) is 2.19. The second-order valence-corrected chi connectivity index (χ2v) is 9.57. The molecule has 2 N–H and O–H groups in total. The van der Waals surface area contributed by atoms with Crippen molar-refractivity contribution in [1.82, 2.24) is 5.48 Å². The Morgan fingerprint density at radius 3 is 1.13 bits per heavy atom. The largest absolute Gasteiger partial charge is 0.633 e. The fourth-order valence-electron chi connectivity index (χ4n) is 3.67. The predicted octanol–water partition coefficient (Wildman–Crippen LogP) is 8.37. The van der Waals surface area contributed by atoms with Crippen molar-refractivity contribution in [3.05, 3.63) is 5.21 Å². The lowest BCUT2D eigenvalue weighted by atomic mass is 10.1. The van der Waals surface area contributed by atoms with Crippen LogP contribution < -0.4 is 5.48 Å². The van der Waals surface area contributed by atoms with Crippen molar-refractivity contribution in [2.45, 2.75) is 142 Å². The van der Waals surface area contributed by atoms with Crippen LogP contribution in [0.3, 0.4) is 0 Å². The third-order valence-corrected chi connectivity index (χ3v) is 5.69. The second kappa shape index (κ2) is 26.9. The zero-order chi connectivity index (χ0) is 22.8. The first-order valence-electron chi connectivity index (χ1n) is 13.4. The first-order valence-corrected chi connectivity index (χ1v) is 13.4. The molecule has 0 amide bonds. The molecule has 0 unspecified atom stereocenters. The molecule has 0 spiro atoms. The lowest BCUT2D eigenvalue weighted by Crippen LogP contribution is -2.32. The summed E-state index contributed by atoms with van der Waals surface area (Å²) in [5.74, 6) is 0. The molecule has 0 aromatic carbocycles. The van der Waals surface area contributed by atoms with Gasteiger partial charge >= 0.3 is 0 Å². The summed E-state index contributed by atoms with van der Waals surface area (Å²) in [6.45, 7) is 6.04. The van der Waals surface area contributed by atoms with Crippen molar-refractivity contribution < 1.29 is 9.85 Å². The van der Waals surface area contributed by atoms with Crippen molar-refractivity contribution in [1.29, 1.82) is 0 Å². The molecule has 0 saturated heterocycles. The molecule has 30 heavy (non-hydrogen) atoms. The standard InChI is InChI=1S/C14H31NO.C12H27NO/c1-4-5-6-7-8-9-10-11-12-13-14-15(2,3)16;1-2-3-4-5-6-7-8-9-10-11-12-13-14/h4-14H2,1-3H3;13-14H,2-12H2,1H3. The number of quaternary nitrogens is 1. The van der Waals surface area contributed by atoms with E-state index >= 15 is 0 Å². The van der Waals surface area contributed by atoms with E-state index < -0.39 is 0 Å². The lowest BCUT2D eigenvalue weighted by Gasteiger charge is -2.33. The van der Waals surface area contributed by atoms with Gasteiger partial charge in [-0.3, -0.25) is 0 Å². The summed E-state index contributed by atoms with van der Waals surface area (Å²) in [7, 11) is 3.46. The number of hydroxylamine groups is 4. The SMILES string of the molecule is CCCCCCCCCCCCNO.CCCCCCCCCCCC[N+](C)(C)[O-]. The predicted molar refractivity (Wildman–Crippen MR) is 134 cm³/mol. The monoisotopic (exact) mass is 430 g/mol. The van der Waals surface area contributed by atoms with Crippen LogP contribution in [0.5, 0.6) is 0 Å². The first kappa shape index (κ1) is 32.0. The Morgan fingerprint density at radius 2 is 0.833 bits per heavy atom. The molecule has 0 radical (unpaired) electrons. The Labute approximate surface area is 190 Å². The number of nitrogens with zero attached hydrogens (tertiary/aromatic N) is 1. The van der Waals surface area contributed by atoms with Crippen LogP contribution in [-0.4, -0.2) is 37.0 Å². The van der Waals surface area contributed by atoms with Gasteiger partial charge in [-0.25, -0.2) is 5.48 Å². The average molecular weight is 431 g/mol. The highest BCUT2D eigenvalue weighted by Gasteiger charge is 2.00. The fraction of sp³-hybridized carbons (Fsp3) is 1.00. The molecule has 184 valence electrons. The molecule has 0 aromatic heterocycles. The minimum absolute atomic E-state index is 0.128. The normalized spacial score (nSPS) is 11.4. The Bertz CT molecular complexity index is 281. The van der Waals surface area contributed by atoms with Gasteiger partial charge < -0.3 is 15.1 Å². The van der Waals surface area contributed by atoms with E-state index in [9.17, 15) is 5.21 Å². The van der Waals surface area contributed by atoms with Crippen LogP contribution >= 0.6 is 0 Å². The molecule has 0 rings (SSSR count). The van der Waals surface area contributed by atoms with E-state index in [0.717, 1.165) is 25.9 Å². The van der Waals surface area contributed by atoms with E-state index in [1.807, 2.05) is 0 Å². The quantitative estimate of drug-likeness (QED) is 0.103. The smallest absolute Gasteiger partial charge is 0.0779 e. The summed E-state index contributed by atoms with van der Waals surface area (Å²) < 4.78 is -0.128. The van der Waals surface area contributed by atoms with Gasteiger partial charge in [0, 0.05) is 6.54 Å². The van der Waals surface area contributed by atoms with Gasteiger partial charge in [0.2, 0.25) is 0 Å². The van der Waals surface area contributed by atoms with E-state index in [2.05, 4.69) is 19.3 Å². The van der Waals surface area contributed by atoms with E-state index in [4.69, 9.17) is 5.21 Å². The van der Waals surface area contributed by atoms with Gasteiger partial charge in [-0.2, -0.15) is 0 Å². The van der Waals surface area contributed by atoms with Gasteiger partial charge in [-0.15, -0.1) is 0 Å². The van der Waals surface area contributed by atoms with Crippen LogP contribution in [0.4, 0.5) is 0 Å². The molecule has 0 atom stereocenters. The molecule has 4 heteroatoms. The Hall–Kier alpha value is -0.160. The van der Waals surface area contributed by atoms with E-state index in [1.54, 1.807) is 14.1 Å². The number of unbranched alkanes of at least 4 members (excludes halogenated alkanes) is 18. The van der Waals surface area contributed by atoms with Gasteiger partial charge in [0.15, 0.2) is 0 Å². The number of rotatable bonds is 22. The lowest BCUT2D eigenvalue weighted by molar-refractivity contribution is -0.840. The Morgan fingerprint density at radius 1 is 0.533 bits per heavy atom. The van der Waals surface area contributed by atoms with Crippen molar-refractivity contribution in [2.24, 2.45) is 0 Å². The highest BCUT2D eigenvalue weighted by molar-refractivity contribution is 4.48. The summed E-state index contributed by atoms with van der Waals surface area (Å²) in [6, 6.07) is 0. The maximum atomic E-state index is 11.3. The number of hydrogen-bond acceptors (Lipinski definition) is 3. The summed E-state index contributed by atoms with van der Waals surface area (Å²) >= 11 is 0. The fourth-order valence-corrected chi connectivity index (χ4v) is 3.67. The third kappa shape index (κ3) is 35.3. The van der Waals surface area contributed by atoms with Crippen LogP contribution in [0.2, 0.25) is 0 Å². The van der Waals surface area contributed by atoms with Crippen LogP contribution in [0.25, 0.3) is 0 Å². The summed E-state index contributed by atoms with van der Waals surface area (Å²) in [4.78, 5) is 0. The van der Waals surface area contributed by atoms with E-state index in [0.29, 0.717) is 0 Å². The molecule has 0 aliphatic heterocycles. The van der Waals surface area contributed by atoms with Crippen molar-refractivity contribution in [3.8, 4) is 0 Å². The molecule has 0 aromatic rings. The third-order valence-electron chi connectivity index (χ3n) is 5.69. The van der Waals surface area contributed by atoms with Crippen molar-refractivity contribution in [3.63, 3.8) is 0 Å². The molecule has 0 bridgehead atoms. The van der Waals surface area contributed by atoms with Gasteiger partial charge in [-0.05, 0) is 19.3 Å². The molecule has 0 aliphatic carbocycles. The Balaban J connectivity index is 0. The minimum atomic E-state index is -0.128. The van der Waals surface area contributed by atoms with Crippen LogP contribution in [-0.2, 0) is 0 Å². The Kier molecular flexibility index (Phi) is 28.7. The number of hydrogen-bond donors (Lipinski definition) is 2. The molecule has 0 heterocycles. The van der Waals surface area contributed by atoms with Crippen LogP contribution in [0, 0.1) is 5.21 Å². The molecule has 0 fully saturated rings. The van der Waals surface area contributed by atoms with Gasteiger partial charge in [0.05, 0.1) is 20.6 Å². The highest BCUT2D eigenvalue weighted by atomic mass is 16.5. The first-order chi connectivity index (χ1) is 14.5. The van der Waals surface area contributed by atoms with Gasteiger partial charge in [0.1, 0.15) is 0 Å². The van der Waals surface area contributed by atoms with Gasteiger partial charge in [-0.1, -0.05) is 123 Å². The van der Waals surface area contributed by atoms with Gasteiger partial charge in [0.25, 0.3) is 0 Å².